The van der Waals surface area contributed by atoms with Crippen molar-refractivity contribution in [2.75, 3.05) is 0 Å². The normalized spacial score (nSPS) is 18.2. The van der Waals surface area contributed by atoms with Gasteiger partial charge in [-0.2, -0.15) is 0 Å². The van der Waals surface area contributed by atoms with Crippen LogP contribution in [0.2, 0.25) is 0 Å². The number of benzene rings is 1. The zero-order chi connectivity index (χ0) is 20.8. The predicted octanol–water partition coefficient (Wildman–Crippen LogP) is 6.62. The zero-order valence-electron chi connectivity index (χ0n) is 18.2. The largest absolute Gasteiger partial charge is 0.426 e. The van der Waals surface area contributed by atoms with Crippen molar-refractivity contribution in [1.82, 2.24) is 0 Å². The van der Waals surface area contributed by atoms with E-state index >= 15 is 0 Å². The number of hydrogen-bond acceptors (Lipinski definition) is 3. The third-order valence-corrected chi connectivity index (χ3v) is 6.15. The molecular formula is C26H34O3. The van der Waals surface area contributed by atoms with Crippen LogP contribution in [0.5, 0.6) is 0 Å². The van der Waals surface area contributed by atoms with Crippen LogP contribution < -0.4 is 0 Å². The lowest BCUT2D eigenvalue weighted by Gasteiger charge is -2.17. The van der Waals surface area contributed by atoms with Crippen LogP contribution in [0.15, 0.2) is 35.6 Å². The Bertz CT molecular complexity index is 828. The molecule has 2 aliphatic rings. The van der Waals surface area contributed by atoms with Crippen LogP contribution in [0.3, 0.4) is 0 Å². The number of hydrogen-bond donors (Lipinski definition) is 0. The van der Waals surface area contributed by atoms with Crippen molar-refractivity contribution in [3.63, 3.8) is 0 Å². The monoisotopic (exact) mass is 394 g/mol. The van der Waals surface area contributed by atoms with Crippen LogP contribution in [-0.4, -0.2) is 11.8 Å². The van der Waals surface area contributed by atoms with E-state index in [0.717, 1.165) is 41.5 Å². The zero-order valence-corrected chi connectivity index (χ0v) is 18.2. The van der Waals surface area contributed by atoms with Crippen LogP contribution in [0.25, 0.3) is 5.57 Å². The summed E-state index contributed by atoms with van der Waals surface area (Å²) >= 11 is 0. The number of allylic oxidation sites excluding steroid dienone is 3. The molecule has 0 spiro atoms. The molecule has 1 aromatic carbocycles. The first kappa shape index (κ1) is 21.5. The van der Waals surface area contributed by atoms with Crippen LogP contribution in [-0.2, 0) is 14.3 Å². The van der Waals surface area contributed by atoms with E-state index in [2.05, 4.69) is 39.0 Å². The highest BCUT2D eigenvalue weighted by Gasteiger charge is 2.39. The molecule has 0 bridgehead atoms. The standard InChI is InChI=1S/C26H34O3/c1-4-5-6-7-8-9-10-11-25(28)29-24-17-22-20(14-15-23(22)27)26(24)21-16-18(2)12-13-19(21)3/h12-13,16-17,20H,4-11,14-15H2,1-3H3. The Hall–Kier alpha value is -2.16. The van der Waals surface area contributed by atoms with Crippen LogP contribution >= 0.6 is 0 Å². The van der Waals surface area contributed by atoms with E-state index in [1.54, 1.807) is 0 Å². The number of esters is 1. The van der Waals surface area contributed by atoms with Gasteiger partial charge in [-0.3, -0.25) is 9.59 Å². The fourth-order valence-electron chi connectivity index (χ4n) is 4.47. The number of aryl methyl sites for hydroxylation is 2. The molecule has 3 heteroatoms. The molecule has 1 saturated carbocycles. The van der Waals surface area contributed by atoms with E-state index in [1.807, 2.05) is 6.08 Å². The van der Waals surface area contributed by atoms with Crippen LogP contribution in [0.4, 0.5) is 0 Å². The first-order chi connectivity index (χ1) is 14.0. The first-order valence-corrected chi connectivity index (χ1v) is 11.3. The molecule has 0 heterocycles. The summed E-state index contributed by atoms with van der Waals surface area (Å²) in [5, 5.41) is 0. The maximum atomic E-state index is 12.5. The van der Waals surface area contributed by atoms with E-state index in [9.17, 15) is 9.59 Å². The second-order valence-electron chi connectivity index (χ2n) is 8.56. The molecule has 0 aromatic heterocycles. The Morgan fingerprint density at radius 3 is 2.55 bits per heavy atom. The van der Waals surface area contributed by atoms with Gasteiger partial charge in [0.1, 0.15) is 5.76 Å². The van der Waals surface area contributed by atoms with Crippen LogP contribution in [0.1, 0.15) is 87.8 Å². The third-order valence-electron chi connectivity index (χ3n) is 6.15. The fraction of sp³-hybridized carbons (Fsp3) is 0.538. The lowest BCUT2D eigenvalue weighted by Crippen LogP contribution is -2.06. The highest BCUT2D eigenvalue weighted by molar-refractivity contribution is 6.04. The smallest absolute Gasteiger partial charge is 0.311 e. The average molecular weight is 395 g/mol. The van der Waals surface area contributed by atoms with Gasteiger partial charge in [0.2, 0.25) is 0 Å². The molecule has 0 saturated heterocycles. The molecule has 29 heavy (non-hydrogen) atoms. The Balaban J connectivity index is 1.67. The van der Waals surface area contributed by atoms with Gasteiger partial charge in [0.25, 0.3) is 0 Å². The molecule has 2 aliphatic carbocycles. The van der Waals surface area contributed by atoms with Gasteiger partial charge in [-0.25, -0.2) is 0 Å². The summed E-state index contributed by atoms with van der Waals surface area (Å²) in [6.45, 7) is 6.37. The van der Waals surface area contributed by atoms with Gasteiger partial charge in [0, 0.05) is 29.9 Å². The molecule has 0 radical (unpaired) electrons. The van der Waals surface area contributed by atoms with Crippen molar-refractivity contribution in [3.05, 3.63) is 52.3 Å². The highest BCUT2D eigenvalue weighted by Crippen LogP contribution is 2.47. The molecule has 0 aliphatic heterocycles. The predicted molar refractivity (Wildman–Crippen MR) is 117 cm³/mol. The Labute approximate surface area is 175 Å². The summed E-state index contributed by atoms with van der Waals surface area (Å²) in [7, 11) is 0. The molecule has 1 atom stereocenters. The van der Waals surface area contributed by atoms with E-state index in [0.29, 0.717) is 18.6 Å². The number of rotatable bonds is 10. The van der Waals surface area contributed by atoms with Crippen molar-refractivity contribution < 1.29 is 14.3 Å². The molecule has 0 amide bonds. The molecule has 1 unspecified atom stereocenters. The number of Topliss-reactive ketones (excluding diaryl/α,β-unsaturated/α-hetero) is 1. The minimum absolute atomic E-state index is 0.0735. The summed E-state index contributed by atoms with van der Waals surface area (Å²) in [5.41, 5.74) is 5.28. The molecule has 3 rings (SSSR count). The quantitative estimate of drug-likeness (QED) is 0.331. The van der Waals surface area contributed by atoms with E-state index in [-0.39, 0.29) is 17.7 Å². The molecule has 156 valence electrons. The van der Waals surface area contributed by atoms with Gasteiger partial charge in [0.05, 0.1) is 0 Å². The number of carbonyl (C=O) groups is 2. The van der Waals surface area contributed by atoms with Crippen molar-refractivity contribution in [2.24, 2.45) is 5.92 Å². The number of fused-ring (bicyclic) bond motifs is 1. The van der Waals surface area contributed by atoms with Gasteiger partial charge < -0.3 is 4.74 Å². The van der Waals surface area contributed by atoms with Gasteiger partial charge in [-0.15, -0.1) is 0 Å². The molecule has 3 nitrogen and oxygen atoms in total. The van der Waals surface area contributed by atoms with Gasteiger partial charge >= 0.3 is 5.97 Å². The van der Waals surface area contributed by atoms with Crippen LogP contribution in [0, 0.1) is 19.8 Å². The number of carbonyl (C=O) groups excluding carboxylic acids is 2. The van der Waals surface area contributed by atoms with E-state index < -0.39 is 0 Å². The summed E-state index contributed by atoms with van der Waals surface area (Å²) in [4.78, 5) is 24.8. The van der Waals surface area contributed by atoms with Crippen molar-refractivity contribution in [3.8, 4) is 0 Å². The fourth-order valence-corrected chi connectivity index (χ4v) is 4.47. The first-order valence-electron chi connectivity index (χ1n) is 11.3. The topological polar surface area (TPSA) is 43.4 Å². The number of unbranched alkanes of at least 4 members (excludes halogenated alkanes) is 6. The molecule has 1 aromatic rings. The van der Waals surface area contributed by atoms with E-state index in [1.165, 1.54) is 37.7 Å². The van der Waals surface area contributed by atoms with Gasteiger partial charge in [-0.05, 0) is 43.9 Å². The summed E-state index contributed by atoms with van der Waals surface area (Å²) in [6, 6.07) is 6.34. The highest BCUT2D eigenvalue weighted by atomic mass is 16.5. The summed E-state index contributed by atoms with van der Waals surface area (Å²) in [5.74, 6) is 0.681. The second kappa shape index (κ2) is 10.0. The third kappa shape index (κ3) is 5.26. The Kier molecular flexibility index (Phi) is 7.46. The number of ether oxygens (including phenoxy) is 1. The maximum absolute atomic E-state index is 12.5. The molecule has 0 N–H and O–H groups in total. The van der Waals surface area contributed by atoms with Crippen molar-refractivity contribution in [2.45, 2.75) is 85.0 Å². The minimum Gasteiger partial charge on any atom is -0.426 e. The Morgan fingerprint density at radius 2 is 1.79 bits per heavy atom. The van der Waals surface area contributed by atoms with E-state index in [4.69, 9.17) is 4.74 Å². The van der Waals surface area contributed by atoms with Gasteiger partial charge in [0.15, 0.2) is 5.78 Å². The van der Waals surface area contributed by atoms with Gasteiger partial charge in [-0.1, -0.05) is 69.2 Å². The summed E-state index contributed by atoms with van der Waals surface area (Å²) in [6.07, 6.45) is 11.9. The molecule has 1 fully saturated rings. The maximum Gasteiger partial charge on any atom is 0.311 e. The van der Waals surface area contributed by atoms with Crippen molar-refractivity contribution in [1.29, 1.82) is 0 Å². The second-order valence-corrected chi connectivity index (χ2v) is 8.56. The Morgan fingerprint density at radius 1 is 1.07 bits per heavy atom. The molecular weight excluding hydrogens is 360 g/mol. The average Bonchev–Trinajstić information content (AvgIpc) is 3.22. The lowest BCUT2D eigenvalue weighted by molar-refractivity contribution is -0.139. The van der Waals surface area contributed by atoms with Crippen molar-refractivity contribution >= 4 is 17.3 Å². The lowest BCUT2D eigenvalue weighted by atomic mass is 9.89. The number of ketones is 1. The summed E-state index contributed by atoms with van der Waals surface area (Å²) < 4.78 is 5.82. The SMILES string of the molecule is CCCCCCCCCC(=O)OC1=C(c2cc(C)ccc2C)C2CCC(=O)C2=C1. The minimum atomic E-state index is -0.180.